The molecule has 2 heterocycles. The molecule has 0 radical (unpaired) electrons. The van der Waals surface area contributed by atoms with Gasteiger partial charge in [-0.1, -0.05) is 35.9 Å². The van der Waals surface area contributed by atoms with Crippen molar-refractivity contribution in [2.24, 2.45) is 0 Å². The van der Waals surface area contributed by atoms with Gasteiger partial charge >= 0.3 is 0 Å². The Hall–Kier alpha value is -1.23. The summed E-state index contributed by atoms with van der Waals surface area (Å²) in [5.41, 5.74) is 3.20. The molecule has 0 aliphatic carbocycles. The first-order valence-electron chi connectivity index (χ1n) is 6.58. The minimum atomic E-state index is -3.62. The number of para-hydroxylation sites is 1. The Morgan fingerprint density at radius 1 is 1.14 bits per heavy atom. The lowest BCUT2D eigenvalue weighted by Gasteiger charge is -2.19. The van der Waals surface area contributed by atoms with Crippen LogP contribution in [-0.2, 0) is 16.4 Å². The summed E-state index contributed by atoms with van der Waals surface area (Å²) >= 11 is 12.6. The summed E-state index contributed by atoms with van der Waals surface area (Å²) in [4.78, 5) is 0.207. The number of alkyl halides is 1. The van der Waals surface area contributed by atoms with Gasteiger partial charge in [0.1, 0.15) is 0 Å². The van der Waals surface area contributed by atoms with E-state index in [1.807, 2.05) is 18.2 Å². The summed E-state index contributed by atoms with van der Waals surface area (Å²) in [6.45, 7) is 0.449. The van der Waals surface area contributed by atoms with Gasteiger partial charge < -0.3 is 0 Å². The first-order chi connectivity index (χ1) is 10.00. The summed E-state index contributed by atoms with van der Waals surface area (Å²) in [6.07, 6.45) is 0.710. The van der Waals surface area contributed by atoms with Gasteiger partial charge in [0.2, 0.25) is 0 Å². The Morgan fingerprint density at radius 2 is 1.95 bits per heavy atom. The summed E-state index contributed by atoms with van der Waals surface area (Å²) in [6, 6.07) is 10.7. The number of sulfonamides is 1. The largest absolute Gasteiger partial charge is 0.265 e. The van der Waals surface area contributed by atoms with Crippen LogP contribution in [0.1, 0.15) is 22.1 Å². The van der Waals surface area contributed by atoms with E-state index in [4.69, 9.17) is 23.2 Å². The summed E-state index contributed by atoms with van der Waals surface area (Å²) in [5, 5.41) is -0.100. The molecule has 0 N–H and O–H groups in total. The molecule has 2 aromatic rings. The zero-order valence-electron chi connectivity index (χ0n) is 10.9. The van der Waals surface area contributed by atoms with Crippen molar-refractivity contribution in [1.82, 2.24) is 0 Å². The van der Waals surface area contributed by atoms with Gasteiger partial charge in [-0.25, -0.2) is 8.42 Å². The lowest BCUT2D eigenvalue weighted by atomic mass is 10.00. The summed E-state index contributed by atoms with van der Waals surface area (Å²) in [5.74, 6) is 0. The fourth-order valence-corrected chi connectivity index (χ4v) is 5.58. The van der Waals surface area contributed by atoms with Crippen molar-refractivity contribution >= 4 is 38.9 Å². The van der Waals surface area contributed by atoms with Gasteiger partial charge in [-0.05, 0) is 35.2 Å². The number of fused-ring (bicyclic) bond motifs is 1. The van der Waals surface area contributed by atoms with E-state index in [9.17, 15) is 8.42 Å². The van der Waals surface area contributed by atoms with Crippen molar-refractivity contribution in [3.63, 3.8) is 0 Å². The second-order valence-electron chi connectivity index (χ2n) is 5.23. The van der Waals surface area contributed by atoms with Gasteiger partial charge in [0, 0.05) is 11.6 Å². The maximum absolute atomic E-state index is 13.0. The highest BCUT2D eigenvalue weighted by molar-refractivity contribution is 7.93. The minimum absolute atomic E-state index is 0.207. The highest BCUT2D eigenvalue weighted by Gasteiger charge is 2.39. The van der Waals surface area contributed by atoms with Crippen LogP contribution in [0.4, 0.5) is 5.69 Å². The molecule has 2 aromatic carbocycles. The lowest BCUT2D eigenvalue weighted by molar-refractivity contribution is 0.592. The molecule has 21 heavy (non-hydrogen) atoms. The average Bonchev–Trinajstić information content (AvgIpc) is 2.88. The predicted molar refractivity (Wildman–Crippen MR) is 83.8 cm³/mol. The highest BCUT2D eigenvalue weighted by atomic mass is 35.5. The van der Waals surface area contributed by atoms with Crippen LogP contribution in [-0.4, -0.2) is 15.0 Å². The molecule has 0 aromatic heterocycles. The second kappa shape index (κ2) is 4.38. The number of benzene rings is 2. The van der Waals surface area contributed by atoms with E-state index in [1.165, 1.54) is 10.4 Å². The van der Waals surface area contributed by atoms with Crippen LogP contribution in [0, 0.1) is 0 Å². The quantitative estimate of drug-likeness (QED) is 0.685. The molecule has 0 fully saturated rings. The van der Waals surface area contributed by atoms with Gasteiger partial charge in [-0.2, -0.15) is 0 Å². The van der Waals surface area contributed by atoms with Crippen molar-refractivity contribution in [2.75, 3.05) is 10.8 Å². The molecular formula is C15H11Cl2NO2S. The van der Waals surface area contributed by atoms with Crippen molar-refractivity contribution in [2.45, 2.75) is 16.7 Å². The number of anilines is 1. The van der Waals surface area contributed by atoms with Gasteiger partial charge in [-0.3, -0.25) is 4.31 Å². The maximum Gasteiger partial charge on any atom is 0.264 e. The first kappa shape index (κ1) is 13.4. The standard InChI is InChI=1S/C15H11Cl2NO2S/c16-10-4-5-11-13(8-10)21(19,20)18-7-6-9-2-1-3-12(14(11)17)15(9)18/h1-5,8,14H,6-7H2. The summed E-state index contributed by atoms with van der Waals surface area (Å²) in [7, 11) is -3.62. The molecule has 1 unspecified atom stereocenters. The number of hydrogen-bond acceptors (Lipinski definition) is 2. The van der Waals surface area contributed by atoms with E-state index < -0.39 is 15.4 Å². The van der Waals surface area contributed by atoms with E-state index in [-0.39, 0.29) is 4.90 Å². The van der Waals surface area contributed by atoms with Crippen LogP contribution in [0.3, 0.4) is 0 Å². The molecule has 2 aliphatic rings. The molecule has 0 spiro atoms. The fourth-order valence-electron chi connectivity index (χ4n) is 3.12. The number of hydrogen-bond donors (Lipinski definition) is 0. The molecule has 2 aliphatic heterocycles. The average molecular weight is 340 g/mol. The van der Waals surface area contributed by atoms with Crippen LogP contribution in [0.5, 0.6) is 0 Å². The fraction of sp³-hybridized carbons (Fsp3) is 0.200. The monoisotopic (exact) mass is 339 g/mol. The van der Waals surface area contributed by atoms with E-state index in [2.05, 4.69) is 0 Å². The lowest BCUT2D eigenvalue weighted by Crippen LogP contribution is -2.29. The van der Waals surface area contributed by atoms with E-state index in [0.717, 1.165) is 16.8 Å². The Labute approximate surface area is 133 Å². The normalized spacial score (nSPS) is 21.6. The topological polar surface area (TPSA) is 37.4 Å². The third-order valence-corrected chi connectivity index (χ3v) is 6.63. The molecule has 1 atom stereocenters. The third-order valence-electron chi connectivity index (χ3n) is 4.07. The molecule has 6 heteroatoms. The Kier molecular flexibility index (Phi) is 2.80. The van der Waals surface area contributed by atoms with Crippen molar-refractivity contribution in [3.8, 4) is 0 Å². The van der Waals surface area contributed by atoms with Gasteiger partial charge in [-0.15, -0.1) is 11.6 Å². The molecule has 0 saturated carbocycles. The number of nitrogens with zero attached hydrogens (tertiary/aromatic N) is 1. The smallest absolute Gasteiger partial charge is 0.264 e. The minimum Gasteiger partial charge on any atom is -0.265 e. The molecule has 0 amide bonds. The molecule has 108 valence electrons. The molecule has 0 bridgehead atoms. The van der Waals surface area contributed by atoms with Crippen LogP contribution >= 0.6 is 23.2 Å². The zero-order valence-corrected chi connectivity index (χ0v) is 13.2. The first-order valence-corrected chi connectivity index (χ1v) is 8.83. The molecule has 4 rings (SSSR count). The van der Waals surface area contributed by atoms with Crippen LogP contribution < -0.4 is 4.31 Å². The van der Waals surface area contributed by atoms with Gasteiger partial charge in [0.15, 0.2) is 0 Å². The van der Waals surface area contributed by atoms with E-state index >= 15 is 0 Å². The molecule has 0 saturated heterocycles. The number of rotatable bonds is 0. The highest BCUT2D eigenvalue weighted by Crippen LogP contribution is 2.47. The van der Waals surface area contributed by atoms with Crippen molar-refractivity contribution in [1.29, 1.82) is 0 Å². The van der Waals surface area contributed by atoms with Crippen LogP contribution in [0.15, 0.2) is 41.3 Å². The molecule has 3 nitrogen and oxygen atoms in total. The Balaban J connectivity index is 2.13. The SMILES string of the molecule is O=S1(=O)c2cc(Cl)ccc2C(Cl)c2cccc3c2N1CC3. The third kappa shape index (κ3) is 1.76. The Bertz CT molecular complexity index is 864. The van der Waals surface area contributed by atoms with E-state index in [1.54, 1.807) is 12.1 Å². The van der Waals surface area contributed by atoms with Crippen LogP contribution in [0.2, 0.25) is 5.02 Å². The van der Waals surface area contributed by atoms with Crippen LogP contribution in [0.25, 0.3) is 0 Å². The van der Waals surface area contributed by atoms with E-state index in [0.29, 0.717) is 23.6 Å². The maximum atomic E-state index is 13.0. The van der Waals surface area contributed by atoms with Crippen molar-refractivity contribution in [3.05, 3.63) is 58.1 Å². The number of halogens is 2. The second-order valence-corrected chi connectivity index (χ2v) is 7.93. The molecular weight excluding hydrogens is 329 g/mol. The Morgan fingerprint density at radius 3 is 2.76 bits per heavy atom. The zero-order chi connectivity index (χ0) is 14.8. The van der Waals surface area contributed by atoms with Crippen molar-refractivity contribution < 1.29 is 8.42 Å². The predicted octanol–water partition coefficient (Wildman–Crippen LogP) is 3.73. The summed E-state index contributed by atoms with van der Waals surface area (Å²) < 4.78 is 27.4. The van der Waals surface area contributed by atoms with Gasteiger partial charge in [0.05, 0.1) is 16.0 Å². The van der Waals surface area contributed by atoms with Gasteiger partial charge in [0.25, 0.3) is 10.0 Å².